The molecule has 0 spiro atoms. The first-order valence-electron chi connectivity index (χ1n) is 9.07. The fraction of sp³-hybridized carbons (Fsp3) is 0.0400. The van der Waals surface area contributed by atoms with Crippen LogP contribution in [0.3, 0.4) is 0 Å². The van der Waals surface area contributed by atoms with Crippen molar-refractivity contribution in [3.63, 3.8) is 0 Å². The van der Waals surface area contributed by atoms with Crippen molar-refractivity contribution in [2.75, 3.05) is 0 Å². The highest BCUT2D eigenvalue weighted by atomic mass is 79.9. The van der Waals surface area contributed by atoms with E-state index >= 15 is 0 Å². The Morgan fingerprint density at radius 1 is 0.444 bits per heavy atom. The Morgan fingerprint density at radius 2 is 0.778 bits per heavy atom. The number of hydrogen-bond acceptors (Lipinski definition) is 0. The molecule has 0 atom stereocenters. The molecule has 0 saturated heterocycles. The molecule has 0 heterocycles. The molecule has 0 aliphatic carbocycles. The Hall–Kier alpha value is -2.21. The quantitative estimate of drug-likeness (QED) is 0.300. The first-order valence-corrected chi connectivity index (χ1v) is 12.0. The lowest BCUT2D eigenvalue weighted by Gasteiger charge is -2.27. The Morgan fingerprint density at radius 3 is 1.11 bits per heavy atom. The summed E-state index contributed by atoms with van der Waals surface area (Å²) in [6.45, 7) is 0. The maximum atomic E-state index is 3.58. The second-order valence-electron chi connectivity index (χ2n) is 6.48. The van der Waals surface area contributed by atoms with Gasteiger partial charge in [-0.1, -0.05) is 82.7 Å². The minimum absolute atomic E-state index is 0.876. The Kier molecular flexibility index (Phi) is 5.53. The Balaban J connectivity index is 2.09. The first kappa shape index (κ1) is 18.2. The largest absolute Gasteiger partial charge is 0.144 e. The van der Waals surface area contributed by atoms with Gasteiger partial charge in [0, 0.05) is 5.33 Å². The molecular formula is C25H21BrP+. The second kappa shape index (κ2) is 8.21. The summed E-state index contributed by atoms with van der Waals surface area (Å²) in [7, 11) is -1.95. The molecule has 4 aromatic rings. The third-order valence-corrected chi connectivity index (χ3v) is 9.85. The zero-order valence-electron chi connectivity index (χ0n) is 15.0. The van der Waals surface area contributed by atoms with E-state index in [-0.39, 0.29) is 0 Å². The van der Waals surface area contributed by atoms with Crippen LogP contribution in [0.25, 0.3) is 0 Å². The second-order valence-corrected chi connectivity index (χ2v) is 10.4. The van der Waals surface area contributed by atoms with E-state index in [4.69, 9.17) is 0 Å². The van der Waals surface area contributed by atoms with Gasteiger partial charge >= 0.3 is 0 Å². The standard InChI is InChI=1S/C25H21BrP/c26-20-21-16-18-25(19-17-21)27(22-10-4-1-5-11-22,23-12-6-2-7-13-23)24-14-8-3-9-15-24/h1-19H,20H2/q+1. The van der Waals surface area contributed by atoms with E-state index < -0.39 is 7.26 Å². The van der Waals surface area contributed by atoms with Crippen molar-refractivity contribution in [3.8, 4) is 0 Å². The van der Waals surface area contributed by atoms with Crippen LogP contribution in [0.4, 0.5) is 0 Å². The number of benzene rings is 4. The van der Waals surface area contributed by atoms with Crippen molar-refractivity contribution >= 4 is 44.4 Å². The van der Waals surface area contributed by atoms with Crippen LogP contribution in [-0.4, -0.2) is 0 Å². The summed E-state index contributed by atoms with van der Waals surface area (Å²) in [5.41, 5.74) is 1.30. The molecule has 0 fully saturated rings. The van der Waals surface area contributed by atoms with Gasteiger partial charge in [0.15, 0.2) is 0 Å². The molecule has 0 aromatic heterocycles. The number of rotatable bonds is 5. The summed E-state index contributed by atoms with van der Waals surface area (Å²) in [4.78, 5) is 0. The molecule has 0 bridgehead atoms. The summed E-state index contributed by atoms with van der Waals surface area (Å²) in [6, 6.07) is 42.1. The van der Waals surface area contributed by atoms with Gasteiger partial charge in [0.2, 0.25) is 0 Å². The minimum atomic E-state index is -1.95. The van der Waals surface area contributed by atoms with Gasteiger partial charge < -0.3 is 0 Å². The van der Waals surface area contributed by atoms with Gasteiger partial charge in [-0.15, -0.1) is 0 Å². The molecule has 4 rings (SSSR count). The van der Waals surface area contributed by atoms with Gasteiger partial charge in [-0.25, -0.2) is 0 Å². The number of hydrogen-bond donors (Lipinski definition) is 0. The van der Waals surface area contributed by atoms with Crippen molar-refractivity contribution < 1.29 is 0 Å². The average Bonchev–Trinajstić information content (AvgIpc) is 2.77. The fourth-order valence-corrected chi connectivity index (χ4v) is 8.27. The van der Waals surface area contributed by atoms with E-state index in [1.807, 2.05) is 0 Å². The van der Waals surface area contributed by atoms with Gasteiger partial charge in [-0.05, 0) is 54.1 Å². The predicted molar refractivity (Wildman–Crippen MR) is 124 cm³/mol. The van der Waals surface area contributed by atoms with Crippen LogP contribution in [-0.2, 0) is 5.33 Å². The molecule has 132 valence electrons. The minimum Gasteiger partial charge on any atom is -0.0876 e. The van der Waals surface area contributed by atoms with Crippen LogP contribution in [0.15, 0.2) is 115 Å². The monoisotopic (exact) mass is 431 g/mol. The molecule has 0 unspecified atom stereocenters. The first-order chi connectivity index (χ1) is 13.4. The number of halogens is 1. The van der Waals surface area contributed by atoms with Crippen molar-refractivity contribution in [3.05, 3.63) is 121 Å². The lowest BCUT2D eigenvalue weighted by molar-refractivity contribution is 1.45. The van der Waals surface area contributed by atoms with Gasteiger partial charge in [-0.2, -0.15) is 0 Å². The predicted octanol–water partition coefficient (Wildman–Crippen LogP) is 5.20. The zero-order valence-corrected chi connectivity index (χ0v) is 17.5. The molecule has 27 heavy (non-hydrogen) atoms. The summed E-state index contributed by atoms with van der Waals surface area (Å²) in [6.07, 6.45) is 0. The fourth-order valence-electron chi connectivity index (χ4n) is 3.66. The summed E-state index contributed by atoms with van der Waals surface area (Å²) >= 11 is 3.58. The highest BCUT2D eigenvalue weighted by molar-refractivity contribution is 9.08. The van der Waals surface area contributed by atoms with Crippen LogP contribution in [0, 0.1) is 0 Å². The van der Waals surface area contributed by atoms with Gasteiger partial charge in [0.25, 0.3) is 0 Å². The van der Waals surface area contributed by atoms with E-state index in [1.165, 1.54) is 26.8 Å². The molecule has 2 heteroatoms. The number of alkyl halides is 1. The van der Waals surface area contributed by atoms with Crippen molar-refractivity contribution in [2.24, 2.45) is 0 Å². The van der Waals surface area contributed by atoms with Crippen LogP contribution < -0.4 is 21.2 Å². The van der Waals surface area contributed by atoms with Crippen molar-refractivity contribution in [1.29, 1.82) is 0 Å². The van der Waals surface area contributed by atoms with E-state index in [2.05, 4.69) is 131 Å². The SMILES string of the molecule is BrCc1ccc([P+](c2ccccc2)(c2ccccc2)c2ccccc2)cc1. The van der Waals surface area contributed by atoms with Crippen LogP contribution in [0.5, 0.6) is 0 Å². The maximum absolute atomic E-state index is 3.58. The average molecular weight is 432 g/mol. The smallest absolute Gasteiger partial charge is 0.0876 e. The van der Waals surface area contributed by atoms with E-state index in [0.717, 1.165) is 5.33 Å². The van der Waals surface area contributed by atoms with E-state index in [1.54, 1.807) is 0 Å². The molecule has 0 aliphatic rings. The third-order valence-electron chi connectivity index (χ3n) is 4.91. The van der Waals surface area contributed by atoms with E-state index in [0.29, 0.717) is 0 Å². The molecule has 4 aromatic carbocycles. The Labute approximate surface area is 170 Å². The molecule has 0 aliphatic heterocycles. The highest BCUT2D eigenvalue weighted by Crippen LogP contribution is 2.54. The summed E-state index contributed by atoms with van der Waals surface area (Å²) in [5, 5.41) is 6.41. The molecule has 0 nitrogen and oxygen atoms in total. The Bertz CT molecular complexity index is 884. The van der Waals surface area contributed by atoms with Crippen molar-refractivity contribution in [1.82, 2.24) is 0 Å². The maximum Gasteiger partial charge on any atom is 0.144 e. The molecule has 0 N–H and O–H groups in total. The topological polar surface area (TPSA) is 0 Å². The summed E-state index contributed by atoms with van der Waals surface area (Å²) < 4.78 is 0. The van der Waals surface area contributed by atoms with Gasteiger partial charge in [0.1, 0.15) is 28.5 Å². The summed E-state index contributed by atoms with van der Waals surface area (Å²) in [5.74, 6) is 0. The van der Waals surface area contributed by atoms with Gasteiger partial charge in [-0.3, -0.25) is 0 Å². The van der Waals surface area contributed by atoms with Crippen LogP contribution >= 0.6 is 23.2 Å². The molecular weight excluding hydrogens is 411 g/mol. The van der Waals surface area contributed by atoms with E-state index in [9.17, 15) is 0 Å². The van der Waals surface area contributed by atoms with Crippen LogP contribution in [0.1, 0.15) is 5.56 Å². The highest BCUT2D eigenvalue weighted by Gasteiger charge is 2.47. The normalized spacial score (nSPS) is 11.3. The molecule has 0 amide bonds. The van der Waals surface area contributed by atoms with Crippen LogP contribution in [0.2, 0.25) is 0 Å². The third kappa shape index (κ3) is 3.38. The van der Waals surface area contributed by atoms with Gasteiger partial charge in [0.05, 0.1) is 0 Å². The zero-order chi connectivity index (χ0) is 18.5. The lowest BCUT2D eigenvalue weighted by Crippen LogP contribution is -2.38. The lowest BCUT2D eigenvalue weighted by atomic mass is 10.2. The molecule has 0 saturated carbocycles. The van der Waals surface area contributed by atoms with Crippen molar-refractivity contribution in [2.45, 2.75) is 5.33 Å². The molecule has 0 radical (unpaired) electrons.